The Bertz CT molecular complexity index is 326. The Morgan fingerprint density at radius 3 is 2.47 bits per heavy atom. The summed E-state index contributed by atoms with van der Waals surface area (Å²) < 4.78 is 0. The number of hydrogen-bond acceptors (Lipinski definition) is 4. The zero-order valence-corrected chi connectivity index (χ0v) is 9.14. The van der Waals surface area contributed by atoms with Gasteiger partial charge in [0.1, 0.15) is 0 Å². The maximum atomic E-state index is 9.29. The van der Waals surface area contributed by atoms with Gasteiger partial charge in [-0.15, -0.1) is 0 Å². The lowest BCUT2D eigenvalue weighted by molar-refractivity contribution is 0.370. The molecule has 0 aromatic heterocycles. The molecular weight excluding hydrogens is 192 g/mol. The molecule has 84 valence electrons. The number of benzene rings is 1. The molecule has 15 heavy (non-hydrogen) atoms. The van der Waals surface area contributed by atoms with Crippen molar-refractivity contribution >= 4 is 0 Å². The fraction of sp³-hybridized carbons (Fsp3) is 0.455. The van der Waals surface area contributed by atoms with Crippen LogP contribution in [0.2, 0.25) is 0 Å². The first kappa shape index (κ1) is 11.8. The van der Waals surface area contributed by atoms with E-state index in [1.54, 1.807) is 12.1 Å². The molecule has 4 nitrogen and oxygen atoms in total. The largest absolute Gasteiger partial charge is 0.504 e. The molecule has 0 aliphatic carbocycles. The lowest BCUT2D eigenvalue weighted by Crippen LogP contribution is -2.34. The first-order valence-corrected chi connectivity index (χ1v) is 4.90. The summed E-state index contributed by atoms with van der Waals surface area (Å²) in [6.45, 7) is 0.793. The molecule has 0 aliphatic heterocycles. The van der Waals surface area contributed by atoms with Crippen molar-refractivity contribution in [3.63, 3.8) is 0 Å². The van der Waals surface area contributed by atoms with E-state index in [1.165, 1.54) is 6.07 Å². The van der Waals surface area contributed by atoms with Crippen LogP contribution in [0.3, 0.4) is 0 Å². The summed E-state index contributed by atoms with van der Waals surface area (Å²) in [5.41, 5.74) is 6.84. The van der Waals surface area contributed by atoms with E-state index in [0.29, 0.717) is 6.42 Å². The zero-order valence-electron chi connectivity index (χ0n) is 9.14. The lowest BCUT2D eigenvalue weighted by Gasteiger charge is -2.16. The minimum absolute atomic E-state index is 0.0314. The number of likely N-dealkylation sites (N-methyl/N-ethyl adjacent to an activating group) is 1. The van der Waals surface area contributed by atoms with Gasteiger partial charge < -0.3 is 20.8 Å². The van der Waals surface area contributed by atoms with E-state index >= 15 is 0 Å². The molecule has 1 aromatic carbocycles. The van der Waals surface area contributed by atoms with Gasteiger partial charge in [-0.3, -0.25) is 0 Å². The molecular formula is C11H18N2O2. The second-order valence-electron chi connectivity index (χ2n) is 4.05. The van der Waals surface area contributed by atoms with Crippen molar-refractivity contribution in [2.24, 2.45) is 5.73 Å². The van der Waals surface area contributed by atoms with Crippen molar-refractivity contribution in [3.05, 3.63) is 23.8 Å². The Labute approximate surface area is 89.9 Å². The molecule has 1 rings (SSSR count). The molecule has 0 saturated carbocycles. The van der Waals surface area contributed by atoms with E-state index in [-0.39, 0.29) is 17.5 Å². The predicted octanol–water partition coefficient (Wildman–Crippen LogP) is 0.529. The van der Waals surface area contributed by atoms with Crippen molar-refractivity contribution in [2.75, 3.05) is 20.6 Å². The van der Waals surface area contributed by atoms with Crippen LogP contribution in [0, 0.1) is 0 Å². The van der Waals surface area contributed by atoms with Crippen molar-refractivity contribution in [1.29, 1.82) is 0 Å². The standard InChI is InChI=1S/C11H18N2O2/c1-13(2)7-9(12)5-8-3-4-10(14)11(15)6-8/h3-4,6,9,14-15H,5,7,12H2,1-2H3/t9-/m0/s1. The number of hydrogen-bond donors (Lipinski definition) is 3. The Morgan fingerprint density at radius 2 is 1.93 bits per heavy atom. The Kier molecular flexibility index (Phi) is 3.94. The average Bonchev–Trinajstić information content (AvgIpc) is 2.10. The lowest BCUT2D eigenvalue weighted by atomic mass is 10.1. The topological polar surface area (TPSA) is 69.7 Å². The maximum absolute atomic E-state index is 9.29. The van der Waals surface area contributed by atoms with Crippen molar-refractivity contribution < 1.29 is 10.2 Å². The highest BCUT2D eigenvalue weighted by Crippen LogP contribution is 2.25. The minimum atomic E-state index is -0.0973. The van der Waals surface area contributed by atoms with E-state index in [9.17, 15) is 5.11 Å². The number of phenolic OH excluding ortho intramolecular Hbond substituents is 2. The van der Waals surface area contributed by atoms with Gasteiger partial charge in [-0.2, -0.15) is 0 Å². The fourth-order valence-corrected chi connectivity index (χ4v) is 1.53. The van der Waals surface area contributed by atoms with Gasteiger partial charge in [-0.25, -0.2) is 0 Å². The number of nitrogens with zero attached hydrogens (tertiary/aromatic N) is 1. The highest BCUT2D eigenvalue weighted by Gasteiger charge is 2.07. The summed E-state index contributed by atoms with van der Waals surface area (Å²) in [6.07, 6.45) is 0.687. The van der Waals surface area contributed by atoms with Crippen LogP contribution in [0.4, 0.5) is 0 Å². The summed E-state index contributed by atoms with van der Waals surface area (Å²) in [6, 6.07) is 4.83. The van der Waals surface area contributed by atoms with Crippen LogP contribution in [-0.2, 0) is 6.42 Å². The summed E-state index contributed by atoms with van der Waals surface area (Å²) in [7, 11) is 3.93. The first-order valence-electron chi connectivity index (χ1n) is 4.90. The van der Waals surface area contributed by atoms with Crippen molar-refractivity contribution in [3.8, 4) is 11.5 Å². The molecule has 0 bridgehead atoms. The molecule has 4 heteroatoms. The van der Waals surface area contributed by atoms with Crippen LogP contribution >= 0.6 is 0 Å². The van der Waals surface area contributed by atoms with E-state index in [4.69, 9.17) is 10.8 Å². The number of aromatic hydroxyl groups is 2. The highest BCUT2D eigenvalue weighted by atomic mass is 16.3. The van der Waals surface area contributed by atoms with Crippen LogP contribution < -0.4 is 5.73 Å². The van der Waals surface area contributed by atoms with Gasteiger partial charge in [0, 0.05) is 12.6 Å². The molecule has 1 atom stereocenters. The number of nitrogens with two attached hydrogens (primary N) is 1. The number of rotatable bonds is 4. The van der Waals surface area contributed by atoms with Gasteiger partial charge in [0.05, 0.1) is 0 Å². The summed E-state index contributed by atoms with van der Waals surface area (Å²) >= 11 is 0. The van der Waals surface area contributed by atoms with E-state index in [0.717, 1.165) is 12.1 Å². The third kappa shape index (κ3) is 3.77. The number of phenols is 2. The van der Waals surface area contributed by atoms with Gasteiger partial charge in [0.25, 0.3) is 0 Å². The molecule has 4 N–H and O–H groups in total. The molecule has 0 unspecified atom stereocenters. The normalized spacial score (nSPS) is 13.1. The Morgan fingerprint density at radius 1 is 1.27 bits per heavy atom. The van der Waals surface area contributed by atoms with Crippen LogP contribution in [0.1, 0.15) is 5.56 Å². The molecule has 0 heterocycles. The third-order valence-corrected chi connectivity index (χ3v) is 2.14. The fourth-order valence-electron chi connectivity index (χ4n) is 1.53. The van der Waals surface area contributed by atoms with E-state index in [2.05, 4.69) is 0 Å². The monoisotopic (exact) mass is 210 g/mol. The van der Waals surface area contributed by atoms with Gasteiger partial charge in [-0.1, -0.05) is 6.07 Å². The van der Waals surface area contributed by atoms with Crippen molar-refractivity contribution in [2.45, 2.75) is 12.5 Å². The average molecular weight is 210 g/mol. The maximum Gasteiger partial charge on any atom is 0.157 e. The molecule has 0 radical (unpaired) electrons. The zero-order chi connectivity index (χ0) is 11.4. The van der Waals surface area contributed by atoms with E-state index < -0.39 is 0 Å². The molecule has 0 amide bonds. The van der Waals surface area contributed by atoms with Crippen LogP contribution in [0.5, 0.6) is 11.5 Å². The highest BCUT2D eigenvalue weighted by molar-refractivity contribution is 5.40. The molecule has 1 aromatic rings. The molecule has 0 fully saturated rings. The van der Waals surface area contributed by atoms with Crippen LogP contribution in [0.25, 0.3) is 0 Å². The predicted molar refractivity (Wildman–Crippen MR) is 60.0 cm³/mol. The van der Waals surface area contributed by atoms with Crippen LogP contribution in [-0.4, -0.2) is 41.8 Å². The SMILES string of the molecule is CN(C)C[C@@H](N)Cc1ccc(O)c(O)c1. The Balaban J connectivity index is 2.60. The Hall–Kier alpha value is -1.26. The summed E-state index contributed by atoms with van der Waals surface area (Å²) in [5.74, 6) is -0.190. The van der Waals surface area contributed by atoms with Crippen molar-refractivity contribution in [1.82, 2.24) is 4.90 Å². The second-order valence-corrected chi connectivity index (χ2v) is 4.05. The molecule has 0 saturated heterocycles. The minimum Gasteiger partial charge on any atom is -0.504 e. The quantitative estimate of drug-likeness (QED) is 0.634. The summed E-state index contributed by atoms with van der Waals surface area (Å²) in [5, 5.41) is 18.4. The van der Waals surface area contributed by atoms with E-state index in [1.807, 2.05) is 19.0 Å². The molecule has 0 spiro atoms. The van der Waals surface area contributed by atoms with Gasteiger partial charge >= 0.3 is 0 Å². The first-order chi connectivity index (χ1) is 6.99. The van der Waals surface area contributed by atoms with Gasteiger partial charge in [0.2, 0.25) is 0 Å². The third-order valence-electron chi connectivity index (χ3n) is 2.14. The van der Waals surface area contributed by atoms with Gasteiger partial charge in [-0.05, 0) is 38.2 Å². The molecule has 0 aliphatic rings. The summed E-state index contributed by atoms with van der Waals surface area (Å²) in [4.78, 5) is 2.02. The smallest absolute Gasteiger partial charge is 0.157 e. The van der Waals surface area contributed by atoms with Gasteiger partial charge in [0.15, 0.2) is 11.5 Å². The second kappa shape index (κ2) is 5.00. The van der Waals surface area contributed by atoms with Crippen LogP contribution in [0.15, 0.2) is 18.2 Å².